The molecule has 176 valence electrons. The number of imidazole rings is 1. The zero-order valence-electron chi connectivity index (χ0n) is 20.0. The van der Waals surface area contributed by atoms with Gasteiger partial charge < -0.3 is 19.6 Å². The van der Waals surface area contributed by atoms with Gasteiger partial charge in [0, 0.05) is 6.54 Å². The summed E-state index contributed by atoms with van der Waals surface area (Å²) in [4.78, 5) is 11.9. The van der Waals surface area contributed by atoms with Gasteiger partial charge >= 0.3 is 0 Å². The molecular formula is C28H32N4O2. The summed E-state index contributed by atoms with van der Waals surface area (Å²) in [5.41, 5.74) is 6.95. The van der Waals surface area contributed by atoms with E-state index >= 15 is 0 Å². The number of para-hydroxylation sites is 2. The smallest absolute Gasteiger partial charge is 0.245 e. The number of aliphatic hydroxyl groups excluding tert-OH is 1. The zero-order chi connectivity index (χ0) is 24.2. The molecule has 0 aliphatic carbocycles. The molecule has 6 nitrogen and oxygen atoms in total. The molecule has 0 spiro atoms. The molecule has 4 aromatic rings. The standard InChI is InChI=1S/C28H32N4O2/c1-19-8-12-22(13-9-19)16-24(17-30-27(34)18-33)32-26-7-5-4-6-25(26)31(28(32)29)21(3)23-14-10-20(2)11-15-23/h4-15,21,24,29,33H,16-18H2,1-3H3,(H,30,34)/t21-,24?/m1/s1. The predicted octanol–water partition coefficient (Wildman–Crippen LogP) is 4.04. The highest BCUT2D eigenvalue weighted by molar-refractivity contribution is 5.77. The molecule has 4 rings (SSSR count). The molecule has 1 heterocycles. The van der Waals surface area contributed by atoms with Crippen molar-refractivity contribution in [1.29, 1.82) is 5.41 Å². The van der Waals surface area contributed by atoms with Crippen LogP contribution in [-0.4, -0.2) is 33.3 Å². The van der Waals surface area contributed by atoms with E-state index in [4.69, 9.17) is 0 Å². The lowest BCUT2D eigenvalue weighted by Crippen LogP contribution is -2.38. The van der Waals surface area contributed by atoms with Crippen molar-refractivity contribution < 1.29 is 9.90 Å². The molecule has 3 aromatic carbocycles. The maximum atomic E-state index is 11.9. The van der Waals surface area contributed by atoms with Crippen LogP contribution in [0.15, 0.2) is 72.8 Å². The van der Waals surface area contributed by atoms with Crippen LogP contribution in [0.2, 0.25) is 0 Å². The van der Waals surface area contributed by atoms with Crippen molar-refractivity contribution in [3.8, 4) is 0 Å². The van der Waals surface area contributed by atoms with E-state index < -0.39 is 12.5 Å². The van der Waals surface area contributed by atoms with Gasteiger partial charge in [0.2, 0.25) is 11.5 Å². The monoisotopic (exact) mass is 456 g/mol. The molecule has 0 aliphatic rings. The number of amides is 1. The number of aromatic nitrogens is 2. The molecule has 34 heavy (non-hydrogen) atoms. The third-order valence-electron chi connectivity index (χ3n) is 6.44. The number of nitrogens with zero attached hydrogens (tertiary/aromatic N) is 2. The molecule has 1 amide bonds. The van der Waals surface area contributed by atoms with E-state index in [1.165, 1.54) is 11.1 Å². The van der Waals surface area contributed by atoms with Gasteiger partial charge in [-0.05, 0) is 50.5 Å². The fourth-order valence-corrected chi connectivity index (χ4v) is 4.51. The first kappa shape index (κ1) is 23.5. The van der Waals surface area contributed by atoms with Crippen LogP contribution in [0.4, 0.5) is 0 Å². The van der Waals surface area contributed by atoms with E-state index in [1.54, 1.807) is 0 Å². The summed E-state index contributed by atoms with van der Waals surface area (Å²) in [5.74, 6) is -0.419. The van der Waals surface area contributed by atoms with Crippen LogP contribution in [-0.2, 0) is 11.2 Å². The molecule has 0 aliphatic heterocycles. The van der Waals surface area contributed by atoms with Crippen LogP contribution in [0.1, 0.15) is 41.3 Å². The molecule has 0 radical (unpaired) electrons. The van der Waals surface area contributed by atoms with Gasteiger partial charge in [-0.15, -0.1) is 0 Å². The Morgan fingerprint density at radius 1 is 0.912 bits per heavy atom. The van der Waals surface area contributed by atoms with E-state index in [0.717, 1.165) is 22.2 Å². The molecule has 3 N–H and O–H groups in total. The summed E-state index contributed by atoms with van der Waals surface area (Å²) in [5, 5.41) is 21.3. The summed E-state index contributed by atoms with van der Waals surface area (Å²) in [7, 11) is 0. The highest BCUT2D eigenvalue weighted by Gasteiger charge is 2.22. The minimum atomic E-state index is -0.554. The van der Waals surface area contributed by atoms with Crippen LogP contribution in [0.5, 0.6) is 0 Å². The average molecular weight is 457 g/mol. The Labute approximate surface area is 200 Å². The number of carbonyl (C=O) groups is 1. The van der Waals surface area contributed by atoms with Gasteiger partial charge in [0.15, 0.2) is 0 Å². The molecule has 6 heteroatoms. The van der Waals surface area contributed by atoms with Crippen LogP contribution < -0.4 is 10.9 Å². The van der Waals surface area contributed by atoms with Crippen LogP contribution in [0.3, 0.4) is 0 Å². The molecule has 2 atom stereocenters. The van der Waals surface area contributed by atoms with Crippen LogP contribution in [0, 0.1) is 19.3 Å². The Bertz CT molecular complexity index is 1330. The lowest BCUT2D eigenvalue weighted by atomic mass is 10.0. The second kappa shape index (κ2) is 10.1. The second-order valence-electron chi connectivity index (χ2n) is 8.94. The van der Waals surface area contributed by atoms with Gasteiger partial charge in [-0.1, -0.05) is 71.8 Å². The first-order chi connectivity index (χ1) is 16.4. The molecule has 0 saturated carbocycles. The number of nitrogens with one attached hydrogen (secondary N) is 2. The third kappa shape index (κ3) is 4.82. The maximum Gasteiger partial charge on any atom is 0.245 e. The minimum Gasteiger partial charge on any atom is -0.387 e. The third-order valence-corrected chi connectivity index (χ3v) is 6.44. The first-order valence-corrected chi connectivity index (χ1v) is 11.6. The Morgan fingerprint density at radius 3 is 2.06 bits per heavy atom. The van der Waals surface area contributed by atoms with Gasteiger partial charge in [-0.2, -0.15) is 0 Å². The Kier molecular flexibility index (Phi) is 6.98. The van der Waals surface area contributed by atoms with Crippen molar-refractivity contribution in [2.75, 3.05) is 13.2 Å². The Hall–Kier alpha value is -3.64. The van der Waals surface area contributed by atoms with Gasteiger partial charge in [0.25, 0.3) is 0 Å². The van der Waals surface area contributed by atoms with Crippen molar-refractivity contribution >= 4 is 16.9 Å². The Morgan fingerprint density at radius 2 is 1.47 bits per heavy atom. The summed E-state index contributed by atoms with van der Waals surface area (Å²) in [6, 6.07) is 24.6. The number of aryl methyl sites for hydroxylation is 2. The molecule has 1 unspecified atom stereocenters. The quantitative estimate of drug-likeness (QED) is 0.374. The number of benzene rings is 3. The number of hydrogen-bond donors (Lipinski definition) is 3. The van der Waals surface area contributed by atoms with Crippen molar-refractivity contribution in [1.82, 2.24) is 14.5 Å². The normalized spacial score (nSPS) is 13.1. The van der Waals surface area contributed by atoms with Gasteiger partial charge in [0.1, 0.15) is 6.61 Å². The summed E-state index contributed by atoms with van der Waals surface area (Å²) in [6.45, 7) is 6.00. The van der Waals surface area contributed by atoms with Crippen molar-refractivity contribution in [3.05, 3.63) is 101 Å². The van der Waals surface area contributed by atoms with E-state index in [-0.39, 0.29) is 12.1 Å². The fourth-order valence-electron chi connectivity index (χ4n) is 4.51. The molecule has 0 saturated heterocycles. The summed E-state index contributed by atoms with van der Waals surface area (Å²) < 4.78 is 4.06. The second-order valence-corrected chi connectivity index (χ2v) is 8.94. The number of hydrogen-bond acceptors (Lipinski definition) is 3. The SMILES string of the molecule is Cc1ccc(CC(CNC(=O)CO)n2c(=N)n([C@H](C)c3ccc(C)cc3)c3ccccc32)cc1. The number of carbonyl (C=O) groups excluding carboxylic acids is 1. The largest absolute Gasteiger partial charge is 0.387 e. The highest BCUT2D eigenvalue weighted by Crippen LogP contribution is 2.26. The molecule has 1 aromatic heterocycles. The molecule has 0 fully saturated rings. The molecule has 0 bridgehead atoms. The van der Waals surface area contributed by atoms with E-state index in [1.807, 2.05) is 28.8 Å². The number of aliphatic hydroxyl groups is 1. The lowest BCUT2D eigenvalue weighted by molar-refractivity contribution is -0.123. The van der Waals surface area contributed by atoms with Crippen molar-refractivity contribution in [2.24, 2.45) is 0 Å². The van der Waals surface area contributed by atoms with Crippen molar-refractivity contribution in [2.45, 2.75) is 39.3 Å². The minimum absolute atomic E-state index is 0.0358. The van der Waals surface area contributed by atoms with Gasteiger partial charge in [0.05, 0.1) is 23.1 Å². The average Bonchev–Trinajstić information content (AvgIpc) is 3.14. The van der Waals surface area contributed by atoms with E-state index in [0.29, 0.717) is 18.6 Å². The number of fused-ring (bicyclic) bond motifs is 1. The van der Waals surface area contributed by atoms with Crippen molar-refractivity contribution in [3.63, 3.8) is 0 Å². The first-order valence-electron chi connectivity index (χ1n) is 11.6. The van der Waals surface area contributed by atoms with Gasteiger partial charge in [-0.3, -0.25) is 10.2 Å². The van der Waals surface area contributed by atoms with Crippen LogP contribution >= 0.6 is 0 Å². The van der Waals surface area contributed by atoms with Crippen LogP contribution in [0.25, 0.3) is 11.0 Å². The van der Waals surface area contributed by atoms with Gasteiger partial charge in [-0.25, -0.2) is 0 Å². The maximum absolute atomic E-state index is 11.9. The van der Waals surface area contributed by atoms with E-state index in [2.05, 4.69) is 79.2 Å². The highest BCUT2D eigenvalue weighted by atomic mass is 16.3. The fraction of sp³-hybridized carbons (Fsp3) is 0.286. The molecular weight excluding hydrogens is 424 g/mol. The topological polar surface area (TPSA) is 83.0 Å². The summed E-state index contributed by atoms with van der Waals surface area (Å²) >= 11 is 0. The predicted molar refractivity (Wildman–Crippen MR) is 135 cm³/mol. The lowest BCUT2D eigenvalue weighted by Gasteiger charge is -2.21. The summed E-state index contributed by atoms with van der Waals surface area (Å²) in [6.07, 6.45) is 0.648. The number of rotatable bonds is 8. The Balaban J connectivity index is 1.82. The van der Waals surface area contributed by atoms with E-state index in [9.17, 15) is 15.3 Å². The zero-order valence-corrected chi connectivity index (χ0v) is 20.0.